The molecule has 0 saturated carbocycles. The van der Waals surface area contributed by atoms with E-state index in [2.05, 4.69) is 40.7 Å². The predicted octanol–water partition coefficient (Wildman–Crippen LogP) is 5.41. The lowest BCUT2D eigenvalue weighted by molar-refractivity contribution is -0.121. The van der Waals surface area contributed by atoms with Gasteiger partial charge in [0, 0.05) is 29.8 Å². The third-order valence-corrected chi connectivity index (χ3v) is 6.89. The SMILES string of the molecule is COc1ccc(-c2nn(-c3ccccc3)cc2CN2CCC(C(=O)Nc3ccccc3OC)CC2)cc1. The summed E-state index contributed by atoms with van der Waals surface area (Å²) < 4.78 is 12.7. The molecule has 0 radical (unpaired) electrons. The molecule has 190 valence electrons. The fourth-order valence-electron chi connectivity index (χ4n) is 4.81. The lowest BCUT2D eigenvalue weighted by atomic mass is 9.95. The van der Waals surface area contributed by atoms with Crippen molar-refractivity contribution >= 4 is 11.6 Å². The van der Waals surface area contributed by atoms with E-state index in [0.29, 0.717) is 5.75 Å². The number of carbonyl (C=O) groups is 1. The van der Waals surface area contributed by atoms with Gasteiger partial charge in [-0.05, 0) is 74.5 Å². The zero-order valence-electron chi connectivity index (χ0n) is 21.3. The van der Waals surface area contributed by atoms with Gasteiger partial charge in [-0.25, -0.2) is 4.68 Å². The van der Waals surface area contributed by atoms with Crippen molar-refractivity contribution in [2.24, 2.45) is 5.92 Å². The number of hydrogen-bond donors (Lipinski definition) is 1. The Morgan fingerprint density at radius 2 is 1.62 bits per heavy atom. The summed E-state index contributed by atoms with van der Waals surface area (Å²) in [6.45, 7) is 2.47. The van der Waals surface area contributed by atoms with E-state index in [9.17, 15) is 4.79 Å². The Morgan fingerprint density at radius 3 is 2.32 bits per heavy atom. The molecule has 37 heavy (non-hydrogen) atoms. The van der Waals surface area contributed by atoms with Crippen LogP contribution in [0.2, 0.25) is 0 Å². The lowest BCUT2D eigenvalue weighted by Gasteiger charge is -2.31. The number of amides is 1. The summed E-state index contributed by atoms with van der Waals surface area (Å²) in [5.74, 6) is 1.53. The van der Waals surface area contributed by atoms with Crippen LogP contribution in [-0.2, 0) is 11.3 Å². The quantitative estimate of drug-likeness (QED) is 0.353. The summed E-state index contributed by atoms with van der Waals surface area (Å²) in [6.07, 6.45) is 3.74. The number of ether oxygens (including phenoxy) is 2. The average molecular weight is 497 g/mol. The summed E-state index contributed by atoms with van der Waals surface area (Å²) in [6, 6.07) is 25.7. The third kappa shape index (κ3) is 5.67. The molecule has 1 aromatic heterocycles. The maximum atomic E-state index is 12.9. The number of anilines is 1. The van der Waals surface area contributed by atoms with Gasteiger partial charge in [-0.1, -0.05) is 30.3 Å². The van der Waals surface area contributed by atoms with E-state index in [0.717, 1.165) is 66.4 Å². The molecule has 1 saturated heterocycles. The van der Waals surface area contributed by atoms with Crippen molar-refractivity contribution in [3.8, 4) is 28.4 Å². The third-order valence-electron chi connectivity index (χ3n) is 6.89. The van der Waals surface area contributed by atoms with Crippen LogP contribution in [0, 0.1) is 5.92 Å². The van der Waals surface area contributed by atoms with Crippen LogP contribution in [0.5, 0.6) is 11.5 Å². The molecular weight excluding hydrogens is 464 g/mol. The van der Waals surface area contributed by atoms with Crippen LogP contribution >= 0.6 is 0 Å². The van der Waals surface area contributed by atoms with Gasteiger partial charge < -0.3 is 14.8 Å². The predicted molar refractivity (Wildman–Crippen MR) is 145 cm³/mol. The van der Waals surface area contributed by atoms with Gasteiger partial charge in [0.1, 0.15) is 11.5 Å². The fraction of sp³-hybridized carbons (Fsp3) is 0.267. The average Bonchev–Trinajstić information content (AvgIpc) is 3.38. The van der Waals surface area contributed by atoms with Crippen LogP contribution in [0.1, 0.15) is 18.4 Å². The number of aromatic nitrogens is 2. The molecule has 5 rings (SSSR count). The van der Waals surface area contributed by atoms with E-state index in [1.165, 1.54) is 0 Å². The standard InChI is InChI=1S/C30H32N4O3/c1-36-26-14-12-22(13-15-26)29-24(21-34(32-29)25-8-4-3-5-9-25)20-33-18-16-23(17-19-33)30(35)31-27-10-6-7-11-28(27)37-2/h3-15,21,23H,16-20H2,1-2H3,(H,31,35). The summed E-state index contributed by atoms with van der Waals surface area (Å²) in [4.78, 5) is 15.4. The van der Waals surface area contributed by atoms with Gasteiger partial charge in [0.15, 0.2) is 0 Å². The van der Waals surface area contributed by atoms with Crippen molar-refractivity contribution < 1.29 is 14.3 Å². The molecule has 1 fully saturated rings. The molecule has 1 aliphatic rings. The Kier molecular flexibility index (Phi) is 7.51. The molecule has 0 spiro atoms. The van der Waals surface area contributed by atoms with Crippen LogP contribution in [0.15, 0.2) is 85.1 Å². The van der Waals surface area contributed by atoms with Crippen molar-refractivity contribution in [3.05, 3.63) is 90.6 Å². The largest absolute Gasteiger partial charge is 0.497 e. The zero-order chi connectivity index (χ0) is 25.6. The van der Waals surface area contributed by atoms with Crippen LogP contribution in [0.25, 0.3) is 16.9 Å². The maximum absolute atomic E-state index is 12.9. The topological polar surface area (TPSA) is 68.6 Å². The van der Waals surface area contributed by atoms with Crippen LogP contribution in [0.4, 0.5) is 5.69 Å². The van der Waals surface area contributed by atoms with E-state index in [1.54, 1.807) is 14.2 Å². The first-order valence-corrected chi connectivity index (χ1v) is 12.6. The smallest absolute Gasteiger partial charge is 0.227 e. The number of rotatable bonds is 8. The monoisotopic (exact) mass is 496 g/mol. The molecule has 0 bridgehead atoms. The van der Waals surface area contributed by atoms with Crippen molar-refractivity contribution in [2.45, 2.75) is 19.4 Å². The number of methoxy groups -OCH3 is 2. The van der Waals surface area contributed by atoms with Gasteiger partial charge in [-0.15, -0.1) is 0 Å². The van der Waals surface area contributed by atoms with E-state index >= 15 is 0 Å². The van der Waals surface area contributed by atoms with Gasteiger partial charge in [0.05, 0.1) is 31.3 Å². The Labute approximate surface area is 217 Å². The van der Waals surface area contributed by atoms with Crippen molar-refractivity contribution in [1.29, 1.82) is 0 Å². The van der Waals surface area contributed by atoms with E-state index in [4.69, 9.17) is 14.6 Å². The molecule has 3 aromatic carbocycles. The second-order valence-corrected chi connectivity index (χ2v) is 9.25. The maximum Gasteiger partial charge on any atom is 0.227 e. The second-order valence-electron chi connectivity index (χ2n) is 9.25. The second kappa shape index (κ2) is 11.3. The van der Waals surface area contributed by atoms with Gasteiger partial charge in [-0.2, -0.15) is 5.10 Å². The van der Waals surface area contributed by atoms with Gasteiger partial charge >= 0.3 is 0 Å². The molecule has 0 unspecified atom stereocenters. The Morgan fingerprint density at radius 1 is 0.919 bits per heavy atom. The number of carbonyl (C=O) groups excluding carboxylic acids is 1. The highest BCUT2D eigenvalue weighted by molar-refractivity contribution is 5.94. The molecule has 2 heterocycles. The zero-order valence-corrected chi connectivity index (χ0v) is 21.3. The van der Waals surface area contributed by atoms with Crippen molar-refractivity contribution in [1.82, 2.24) is 14.7 Å². The first kappa shape index (κ1) is 24.6. The first-order valence-electron chi connectivity index (χ1n) is 12.6. The van der Waals surface area contributed by atoms with Gasteiger partial charge in [-0.3, -0.25) is 9.69 Å². The molecule has 0 atom stereocenters. The molecule has 0 aliphatic carbocycles. The molecule has 1 amide bonds. The molecule has 7 nitrogen and oxygen atoms in total. The highest BCUT2D eigenvalue weighted by atomic mass is 16.5. The number of para-hydroxylation sites is 3. The molecule has 1 aliphatic heterocycles. The minimum Gasteiger partial charge on any atom is -0.497 e. The van der Waals surface area contributed by atoms with Crippen molar-refractivity contribution in [2.75, 3.05) is 32.6 Å². The van der Waals surface area contributed by atoms with Crippen LogP contribution < -0.4 is 14.8 Å². The number of nitrogens with zero attached hydrogens (tertiary/aromatic N) is 3. The Hall–Kier alpha value is -4.10. The molecule has 7 heteroatoms. The van der Waals surface area contributed by atoms with Crippen molar-refractivity contribution in [3.63, 3.8) is 0 Å². The lowest BCUT2D eigenvalue weighted by Crippen LogP contribution is -2.37. The van der Waals surface area contributed by atoms with E-state index < -0.39 is 0 Å². The summed E-state index contributed by atoms with van der Waals surface area (Å²) in [5, 5.41) is 8.00. The fourth-order valence-corrected chi connectivity index (χ4v) is 4.81. The minimum absolute atomic E-state index is 0.0192. The van der Waals surface area contributed by atoms with Gasteiger partial charge in [0.2, 0.25) is 5.91 Å². The number of nitrogens with one attached hydrogen (secondary N) is 1. The number of hydrogen-bond acceptors (Lipinski definition) is 5. The van der Waals surface area contributed by atoms with Crippen LogP contribution in [0.3, 0.4) is 0 Å². The summed E-state index contributed by atoms with van der Waals surface area (Å²) in [7, 11) is 3.29. The molecule has 1 N–H and O–H groups in total. The van der Waals surface area contributed by atoms with Gasteiger partial charge in [0.25, 0.3) is 0 Å². The summed E-state index contributed by atoms with van der Waals surface area (Å²) >= 11 is 0. The number of benzene rings is 3. The van der Waals surface area contributed by atoms with Crippen LogP contribution in [-0.4, -0.2) is 47.9 Å². The van der Waals surface area contributed by atoms with E-state index in [-0.39, 0.29) is 11.8 Å². The Bertz CT molecular complexity index is 1330. The highest BCUT2D eigenvalue weighted by Crippen LogP contribution is 2.29. The molecular formula is C30H32N4O3. The number of piperidine rings is 1. The van der Waals surface area contributed by atoms with E-state index in [1.807, 2.05) is 59.3 Å². The first-order chi connectivity index (χ1) is 18.1. The normalized spacial score (nSPS) is 14.3. The summed E-state index contributed by atoms with van der Waals surface area (Å²) in [5.41, 5.74) is 4.91. The Balaban J connectivity index is 1.29. The highest BCUT2D eigenvalue weighted by Gasteiger charge is 2.26. The molecule has 4 aromatic rings. The number of likely N-dealkylation sites (tertiary alicyclic amines) is 1. The minimum atomic E-state index is -0.0192.